The second kappa shape index (κ2) is 6.10. The van der Waals surface area contributed by atoms with Crippen molar-refractivity contribution in [2.24, 2.45) is 0 Å². The van der Waals surface area contributed by atoms with Gasteiger partial charge in [0.2, 0.25) is 0 Å². The van der Waals surface area contributed by atoms with Crippen molar-refractivity contribution in [3.8, 4) is 11.5 Å². The Hall–Kier alpha value is -1.96. The van der Waals surface area contributed by atoms with Crippen molar-refractivity contribution < 1.29 is 9.47 Å². The SMILES string of the molecule is COc1ccc(OC)c(CCc2ccccc2)c1. The van der Waals surface area contributed by atoms with Gasteiger partial charge in [-0.15, -0.1) is 0 Å². The van der Waals surface area contributed by atoms with E-state index in [9.17, 15) is 0 Å². The highest BCUT2D eigenvalue weighted by Gasteiger charge is 2.05. The summed E-state index contributed by atoms with van der Waals surface area (Å²) in [5.74, 6) is 1.80. The highest BCUT2D eigenvalue weighted by molar-refractivity contribution is 5.40. The maximum absolute atomic E-state index is 5.38. The van der Waals surface area contributed by atoms with Crippen LogP contribution in [-0.2, 0) is 12.8 Å². The Balaban J connectivity index is 2.12. The molecule has 0 atom stereocenters. The number of methoxy groups -OCH3 is 2. The van der Waals surface area contributed by atoms with Crippen molar-refractivity contribution in [2.75, 3.05) is 14.2 Å². The first-order valence-electron chi connectivity index (χ1n) is 6.08. The first kappa shape index (κ1) is 12.5. The third-order valence-corrected chi connectivity index (χ3v) is 3.01. The van der Waals surface area contributed by atoms with Crippen LogP contribution in [0.1, 0.15) is 11.1 Å². The van der Waals surface area contributed by atoms with Crippen LogP contribution in [0.15, 0.2) is 48.5 Å². The summed E-state index contributed by atoms with van der Waals surface area (Å²) in [7, 11) is 3.39. The molecule has 0 heterocycles. The Labute approximate surface area is 108 Å². The fraction of sp³-hybridized carbons (Fsp3) is 0.250. The van der Waals surface area contributed by atoms with E-state index in [-0.39, 0.29) is 0 Å². The summed E-state index contributed by atoms with van der Waals surface area (Å²) in [4.78, 5) is 0. The van der Waals surface area contributed by atoms with Crippen molar-refractivity contribution in [1.29, 1.82) is 0 Å². The topological polar surface area (TPSA) is 18.5 Å². The molecule has 18 heavy (non-hydrogen) atoms. The second-order valence-corrected chi connectivity index (χ2v) is 4.16. The van der Waals surface area contributed by atoms with E-state index < -0.39 is 0 Å². The van der Waals surface area contributed by atoms with E-state index in [4.69, 9.17) is 9.47 Å². The van der Waals surface area contributed by atoms with E-state index in [1.807, 2.05) is 24.3 Å². The van der Waals surface area contributed by atoms with Gasteiger partial charge >= 0.3 is 0 Å². The van der Waals surface area contributed by atoms with Crippen LogP contribution in [0.2, 0.25) is 0 Å². The zero-order valence-corrected chi connectivity index (χ0v) is 10.8. The number of hydrogen-bond donors (Lipinski definition) is 0. The van der Waals surface area contributed by atoms with E-state index in [0.29, 0.717) is 0 Å². The molecule has 0 aliphatic rings. The summed E-state index contributed by atoms with van der Waals surface area (Å²) in [6.45, 7) is 0. The normalized spacial score (nSPS) is 10.1. The first-order valence-corrected chi connectivity index (χ1v) is 6.08. The van der Waals surface area contributed by atoms with Gasteiger partial charge in [0.25, 0.3) is 0 Å². The molecule has 2 heteroatoms. The smallest absolute Gasteiger partial charge is 0.122 e. The van der Waals surface area contributed by atoms with Gasteiger partial charge in [-0.3, -0.25) is 0 Å². The lowest BCUT2D eigenvalue weighted by Crippen LogP contribution is -1.96. The van der Waals surface area contributed by atoms with Crippen LogP contribution < -0.4 is 9.47 Å². The minimum atomic E-state index is 0.874. The van der Waals surface area contributed by atoms with Gasteiger partial charge in [0.05, 0.1) is 14.2 Å². The number of benzene rings is 2. The predicted molar refractivity (Wildman–Crippen MR) is 73.4 cm³/mol. The highest BCUT2D eigenvalue weighted by atomic mass is 16.5. The molecular formula is C16H18O2. The lowest BCUT2D eigenvalue weighted by Gasteiger charge is -2.10. The second-order valence-electron chi connectivity index (χ2n) is 4.16. The Morgan fingerprint density at radius 2 is 1.61 bits per heavy atom. The third-order valence-electron chi connectivity index (χ3n) is 3.01. The molecule has 0 saturated heterocycles. The van der Waals surface area contributed by atoms with Crippen molar-refractivity contribution in [1.82, 2.24) is 0 Å². The molecule has 2 aromatic carbocycles. The molecule has 0 amide bonds. The Bertz CT molecular complexity index is 492. The largest absolute Gasteiger partial charge is 0.497 e. The fourth-order valence-electron chi connectivity index (χ4n) is 2.00. The average molecular weight is 242 g/mol. The molecule has 0 unspecified atom stereocenters. The quantitative estimate of drug-likeness (QED) is 0.799. The molecule has 0 aromatic heterocycles. The van der Waals surface area contributed by atoms with Crippen LogP contribution in [-0.4, -0.2) is 14.2 Å². The van der Waals surface area contributed by atoms with Crippen LogP contribution in [0.4, 0.5) is 0 Å². The lowest BCUT2D eigenvalue weighted by molar-refractivity contribution is 0.398. The average Bonchev–Trinajstić information content (AvgIpc) is 2.45. The van der Waals surface area contributed by atoms with Gasteiger partial charge in [-0.25, -0.2) is 0 Å². The minimum Gasteiger partial charge on any atom is -0.497 e. The van der Waals surface area contributed by atoms with Crippen LogP contribution >= 0.6 is 0 Å². The van der Waals surface area contributed by atoms with E-state index in [2.05, 4.69) is 24.3 Å². The van der Waals surface area contributed by atoms with Gasteiger partial charge < -0.3 is 9.47 Å². The van der Waals surface area contributed by atoms with Crippen molar-refractivity contribution in [2.45, 2.75) is 12.8 Å². The van der Waals surface area contributed by atoms with Gasteiger partial charge in [0.15, 0.2) is 0 Å². The van der Waals surface area contributed by atoms with Gasteiger partial charge in [-0.1, -0.05) is 30.3 Å². The minimum absolute atomic E-state index is 0.874. The number of ether oxygens (including phenoxy) is 2. The van der Waals surface area contributed by atoms with E-state index in [1.54, 1.807) is 14.2 Å². The van der Waals surface area contributed by atoms with E-state index in [1.165, 1.54) is 11.1 Å². The zero-order valence-electron chi connectivity index (χ0n) is 10.8. The molecule has 2 aromatic rings. The van der Waals surface area contributed by atoms with Crippen molar-refractivity contribution >= 4 is 0 Å². The molecule has 2 nitrogen and oxygen atoms in total. The summed E-state index contributed by atoms with van der Waals surface area (Å²) in [6, 6.07) is 16.4. The molecule has 94 valence electrons. The van der Waals surface area contributed by atoms with Crippen molar-refractivity contribution in [3.05, 3.63) is 59.7 Å². The molecule has 0 bridgehead atoms. The van der Waals surface area contributed by atoms with Crippen molar-refractivity contribution in [3.63, 3.8) is 0 Å². The van der Waals surface area contributed by atoms with Crippen LogP contribution in [0.3, 0.4) is 0 Å². The standard InChI is InChI=1S/C16H18O2/c1-17-15-10-11-16(18-2)14(12-15)9-8-13-6-4-3-5-7-13/h3-7,10-12H,8-9H2,1-2H3. The molecule has 0 radical (unpaired) electrons. The van der Waals surface area contributed by atoms with Crippen LogP contribution in [0.5, 0.6) is 11.5 Å². The molecule has 0 N–H and O–H groups in total. The van der Waals surface area contributed by atoms with E-state index in [0.717, 1.165) is 24.3 Å². The Morgan fingerprint density at radius 3 is 2.28 bits per heavy atom. The molecule has 0 aliphatic carbocycles. The van der Waals surface area contributed by atoms with Crippen LogP contribution in [0.25, 0.3) is 0 Å². The van der Waals surface area contributed by atoms with E-state index >= 15 is 0 Å². The lowest BCUT2D eigenvalue weighted by atomic mass is 10.0. The van der Waals surface area contributed by atoms with Crippen LogP contribution in [0, 0.1) is 0 Å². The molecule has 0 saturated carbocycles. The highest BCUT2D eigenvalue weighted by Crippen LogP contribution is 2.25. The van der Waals surface area contributed by atoms with Gasteiger partial charge in [0, 0.05) is 0 Å². The summed E-state index contributed by atoms with van der Waals surface area (Å²) in [5, 5.41) is 0. The maximum Gasteiger partial charge on any atom is 0.122 e. The number of hydrogen-bond acceptors (Lipinski definition) is 2. The number of aryl methyl sites for hydroxylation is 2. The summed E-state index contributed by atoms with van der Waals surface area (Å²) < 4.78 is 10.6. The van der Waals surface area contributed by atoms with Gasteiger partial charge in [-0.05, 0) is 42.2 Å². The maximum atomic E-state index is 5.38. The summed E-state index contributed by atoms with van der Waals surface area (Å²) in [6.07, 6.45) is 1.95. The fourth-order valence-corrected chi connectivity index (χ4v) is 2.00. The zero-order chi connectivity index (χ0) is 12.8. The molecule has 0 fully saturated rings. The third kappa shape index (κ3) is 3.04. The first-order chi connectivity index (χ1) is 8.83. The summed E-state index contributed by atoms with van der Waals surface area (Å²) >= 11 is 0. The molecule has 0 aliphatic heterocycles. The molecular weight excluding hydrogens is 224 g/mol. The Morgan fingerprint density at radius 1 is 0.833 bits per heavy atom. The molecule has 0 spiro atoms. The molecule has 2 rings (SSSR count). The van der Waals surface area contributed by atoms with Gasteiger partial charge in [0.1, 0.15) is 11.5 Å². The monoisotopic (exact) mass is 242 g/mol. The predicted octanol–water partition coefficient (Wildman–Crippen LogP) is 3.49. The Kier molecular flexibility index (Phi) is 4.24. The number of rotatable bonds is 5. The van der Waals surface area contributed by atoms with Gasteiger partial charge in [-0.2, -0.15) is 0 Å². The summed E-state index contributed by atoms with van der Waals surface area (Å²) in [5.41, 5.74) is 2.52.